The number of hydrogen-bond acceptors (Lipinski definition) is 2. The van der Waals surface area contributed by atoms with Crippen molar-refractivity contribution in [2.24, 2.45) is 0 Å². The van der Waals surface area contributed by atoms with Crippen molar-refractivity contribution >= 4 is 33.4 Å². The summed E-state index contributed by atoms with van der Waals surface area (Å²) in [6.07, 6.45) is 3.21. The van der Waals surface area contributed by atoms with Gasteiger partial charge in [-0.15, -0.1) is 0 Å². The maximum absolute atomic E-state index is 12.5. The molecule has 2 nitrogen and oxygen atoms in total. The number of phenolic OH excluding ortho intramolecular Hbond substituents is 1. The molecule has 0 saturated heterocycles. The van der Waals surface area contributed by atoms with Crippen LogP contribution in [0.5, 0.6) is 5.75 Å². The molecule has 120 valence electrons. The molecule has 4 aromatic carbocycles. The van der Waals surface area contributed by atoms with Crippen molar-refractivity contribution in [3.8, 4) is 5.75 Å². The molecule has 0 bridgehead atoms. The van der Waals surface area contributed by atoms with Crippen molar-refractivity contribution in [1.82, 2.24) is 0 Å². The Morgan fingerprint density at radius 3 is 2.28 bits per heavy atom. The SMILES string of the molecule is O=C(/C=C\c1c(O)ccc2ccccc12)c1ccc2ccccc2c1. The minimum Gasteiger partial charge on any atom is -0.507 e. The first-order valence-electron chi connectivity index (χ1n) is 8.14. The maximum atomic E-state index is 12.5. The van der Waals surface area contributed by atoms with Crippen LogP contribution in [0.1, 0.15) is 15.9 Å². The van der Waals surface area contributed by atoms with Crippen molar-refractivity contribution in [1.29, 1.82) is 0 Å². The summed E-state index contributed by atoms with van der Waals surface area (Å²) in [7, 11) is 0. The van der Waals surface area contributed by atoms with Gasteiger partial charge in [-0.25, -0.2) is 0 Å². The molecular weight excluding hydrogens is 308 g/mol. The Kier molecular flexibility index (Phi) is 3.79. The van der Waals surface area contributed by atoms with Crippen LogP contribution in [0.3, 0.4) is 0 Å². The zero-order chi connectivity index (χ0) is 17.2. The molecule has 0 fully saturated rings. The van der Waals surface area contributed by atoms with Crippen LogP contribution in [-0.4, -0.2) is 10.9 Å². The van der Waals surface area contributed by atoms with E-state index in [9.17, 15) is 9.90 Å². The van der Waals surface area contributed by atoms with Gasteiger partial charge in [0.2, 0.25) is 0 Å². The predicted molar refractivity (Wildman–Crippen MR) is 103 cm³/mol. The lowest BCUT2D eigenvalue weighted by atomic mass is 10.0. The molecule has 2 heteroatoms. The zero-order valence-corrected chi connectivity index (χ0v) is 13.5. The van der Waals surface area contributed by atoms with Crippen LogP contribution in [0.25, 0.3) is 27.6 Å². The standard InChI is InChI=1S/C23H16O2/c24-22(19-10-9-16-5-1-2-7-18(16)15-19)14-12-21-20-8-4-3-6-17(20)11-13-23(21)25/h1-15,25H/b14-12-. The number of rotatable bonds is 3. The van der Waals surface area contributed by atoms with E-state index in [0.29, 0.717) is 11.1 Å². The van der Waals surface area contributed by atoms with E-state index >= 15 is 0 Å². The minimum atomic E-state index is -0.0851. The van der Waals surface area contributed by atoms with Crippen LogP contribution < -0.4 is 0 Å². The van der Waals surface area contributed by atoms with Crippen molar-refractivity contribution in [2.75, 3.05) is 0 Å². The molecule has 4 rings (SSSR count). The number of fused-ring (bicyclic) bond motifs is 2. The molecule has 25 heavy (non-hydrogen) atoms. The first-order chi connectivity index (χ1) is 12.2. The van der Waals surface area contributed by atoms with E-state index in [0.717, 1.165) is 21.5 Å². The summed E-state index contributed by atoms with van der Waals surface area (Å²) in [5.41, 5.74) is 1.29. The predicted octanol–water partition coefficient (Wildman–Crippen LogP) is 5.59. The monoisotopic (exact) mass is 324 g/mol. The quantitative estimate of drug-likeness (QED) is 0.394. The van der Waals surface area contributed by atoms with Gasteiger partial charge in [-0.3, -0.25) is 4.79 Å². The first kappa shape index (κ1) is 15.2. The minimum absolute atomic E-state index is 0.0851. The molecule has 0 spiro atoms. The molecule has 0 unspecified atom stereocenters. The molecule has 0 aliphatic heterocycles. The third-order valence-corrected chi connectivity index (χ3v) is 4.38. The van der Waals surface area contributed by atoms with Gasteiger partial charge >= 0.3 is 0 Å². The lowest BCUT2D eigenvalue weighted by Crippen LogP contribution is -1.94. The van der Waals surface area contributed by atoms with E-state index in [-0.39, 0.29) is 11.5 Å². The normalized spacial score (nSPS) is 11.4. The highest BCUT2D eigenvalue weighted by atomic mass is 16.3. The smallest absolute Gasteiger partial charge is 0.185 e. The van der Waals surface area contributed by atoms with Gasteiger partial charge in [-0.05, 0) is 45.8 Å². The van der Waals surface area contributed by atoms with E-state index in [4.69, 9.17) is 0 Å². The van der Waals surface area contributed by atoms with Gasteiger partial charge in [0, 0.05) is 11.1 Å². The summed E-state index contributed by atoms with van der Waals surface area (Å²) in [6, 6.07) is 24.9. The van der Waals surface area contributed by atoms with Crippen LogP contribution >= 0.6 is 0 Å². The number of phenols is 1. The van der Waals surface area contributed by atoms with Crippen molar-refractivity contribution < 1.29 is 9.90 Å². The van der Waals surface area contributed by atoms with Crippen molar-refractivity contribution in [2.45, 2.75) is 0 Å². The van der Waals surface area contributed by atoms with Gasteiger partial charge in [0.25, 0.3) is 0 Å². The highest BCUT2D eigenvalue weighted by molar-refractivity contribution is 6.09. The zero-order valence-electron chi connectivity index (χ0n) is 13.5. The Labute approximate surface area is 145 Å². The Morgan fingerprint density at radius 1 is 0.760 bits per heavy atom. The third kappa shape index (κ3) is 2.90. The number of carbonyl (C=O) groups is 1. The molecule has 0 aliphatic rings. The summed E-state index contributed by atoms with van der Waals surface area (Å²) < 4.78 is 0. The number of aromatic hydroxyl groups is 1. The molecule has 0 atom stereocenters. The van der Waals surface area contributed by atoms with Crippen LogP contribution in [0.4, 0.5) is 0 Å². The summed E-state index contributed by atoms with van der Waals surface area (Å²) in [5, 5.41) is 14.3. The van der Waals surface area contributed by atoms with Crippen molar-refractivity contribution in [3.63, 3.8) is 0 Å². The van der Waals surface area contributed by atoms with E-state index in [1.54, 1.807) is 12.1 Å². The van der Waals surface area contributed by atoms with Gasteiger partial charge in [0.05, 0.1) is 0 Å². The average Bonchev–Trinajstić information content (AvgIpc) is 2.66. The molecular formula is C23H16O2. The largest absolute Gasteiger partial charge is 0.507 e. The second-order valence-corrected chi connectivity index (χ2v) is 5.98. The summed E-state index contributed by atoms with van der Waals surface area (Å²) >= 11 is 0. The second-order valence-electron chi connectivity index (χ2n) is 5.98. The number of benzene rings is 4. The third-order valence-electron chi connectivity index (χ3n) is 4.38. The molecule has 0 aliphatic carbocycles. The highest BCUT2D eigenvalue weighted by Crippen LogP contribution is 2.28. The molecule has 1 N–H and O–H groups in total. The number of allylic oxidation sites excluding steroid dienone is 1. The van der Waals surface area contributed by atoms with E-state index in [2.05, 4.69) is 0 Å². The Morgan fingerprint density at radius 2 is 1.44 bits per heavy atom. The highest BCUT2D eigenvalue weighted by Gasteiger charge is 2.06. The Balaban J connectivity index is 1.71. The fourth-order valence-electron chi connectivity index (χ4n) is 3.06. The lowest BCUT2D eigenvalue weighted by molar-refractivity contribution is 0.104. The van der Waals surface area contributed by atoms with Crippen molar-refractivity contribution in [3.05, 3.63) is 96.1 Å². The molecule has 0 radical (unpaired) electrons. The maximum Gasteiger partial charge on any atom is 0.185 e. The van der Waals surface area contributed by atoms with Gasteiger partial charge in [-0.1, -0.05) is 66.7 Å². The van der Waals surface area contributed by atoms with E-state index < -0.39 is 0 Å². The molecule has 0 amide bonds. The average molecular weight is 324 g/mol. The summed E-state index contributed by atoms with van der Waals surface area (Å²) in [5.74, 6) is 0.0827. The molecule has 0 aromatic heterocycles. The fourth-order valence-corrected chi connectivity index (χ4v) is 3.06. The van der Waals surface area contributed by atoms with Gasteiger partial charge in [-0.2, -0.15) is 0 Å². The molecule has 4 aromatic rings. The fraction of sp³-hybridized carbons (Fsp3) is 0. The van der Waals surface area contributed by atoms with Gasteiger partial charge in [0.15, 0.2) is 5.78 Å². The summed E-state index contributed by atoms with van der Waals surface area (Å²) in [4.78, 5) is 12.5. The Hall–Kier alpha value is -3.39. The Bertz CT molecular complexity index is 1120. The summed E-state index contributed by atoms with van der Waals surface area (Å²) in [6.45, 7) is 0. The van der Waals surface area contributed by atoms with Gasteiger partial charge in [0.1, 0.15) is 5.75 Å². The van der Waals surface area contributed by atoms with Crippen LogP contribution in [0, 0.1) is 0 Å². The van der Waals surface area contributed by atoms with Crippen LogP contribution in [0.2, 0.25) is 0 Å². The van der Waals surface area contributed by atoms with Crippen LogP contribution in [-0.2, 0) is 0 Å². The van der Waals surface area contributed by atoms with Gasteiger partial charge < -0.3 is 5.11 Å². The molecule has 0 heterocycles. The molecule has 0 saturated carbocycles. The van der Waals surface area contributed by atoms with E-state index in [1.165, 1.54) is 6.08 Å². The number of carbonyl (C=O) groups excluding carboxylic acids is 1. The number of ketones is 1. The lowest BCUT2D eigenvalue weighted by Gasteiger charge is -2.05. The van der Waals surface area contributed by atoms with Crippen LogP contribution in [0.15, 0.2) is 84.9 Å². The first-order valence-corrected chi connectivity index (χ1v) is 8.14. The number of hydrogen-bond donors (Lipinski definition) is 1. The topological polar surface area (TPSA) is 37.3 Å². The second kappa shape index (κ2) is 6.25. The van der Waals surface area contributed by atoms with E-state index in [1.807, 2.05) is 72.8 Å².